The fourth-order valence-electron chi connectivity index (χ4n) is 3.05. The lowest BCUT2D eigenvalue weighted by atomic mass is 9.90. The third-order valence-corrected chi connectivity index (χ3v) is 4.47. The third kappa shape index (κ3) is 8.94. The van der Waals surface area contributed by atoms with Crippen molar-refractivity contribution in [1.29, 1.82) is 0 Å². The van der Waals surface area contributed by atoms with Crippen LogP contribution >= 0.6 is 0 Å². The molecule has 1 heterocycles. The van der Waals surface area contributed by atoms with E-state index in [1.54, 1.807) is 0 Å². The van der Waals surface area contributed by atoms with Gasteiger partial charge in [0.2, 0.25) is 11.8 Å². The summed E-state index contributed by atoms with van der Waals surface area (Å²) in [7, 11) is 0. The molecule has 154 valence electrons. The first-order chi connectivity index (χ1) is 13.1. The van der Waals surface area contributed by atoms with Crippen LogP contribution in [-0.4, -0.2) is 57.7 Å². The predicted octanol–water partition coefficient (Wildman–Crippen LogP) is 1.37. The van der Waals surface area contributed by atoms with Gasteiger partial charge in [-0.25, -0.2) is 0 Å². The van der Waals surface area contributed by atoms with Gasteiger partial charge in [0.1, 0.15) is 6.04 Å². The van der Waals surface area contributed by atoms with Gasteiger partial charge in [-0.05, 0) is 25.7 Å². The Morgan fingerprint density at radius 3 is 2.56 bits per heavy atom. The highest BCUT2D eigenvalue weighted by Crippen LogP contribution is 2.24. The summed E-state index contributed by atoms with van der Waals surface area (Å²) in [5.41, 5.74) is 0. The highest BCUT2D eigenvalue weighted by molar-refractivity contribution is 5.87. The molecular formula is C18H34N6O3. The van der Waals surface area contributed by atoms with Crippen molar-refractivity contribution in [3.63, 3.8) is 0 Å². The summed E-state index contributed by atoms with van der Waals surface area (Å²) >= 11 is 0. The molecule has 1 aromatic rings. The second-order valence-corrected chi connectivity index (χ2v) is 6.59. The van der Waals surface area contributed by atoms with E-state index >= 15 is 0 Å². The molecule has 2 rings (SSSR count). The molecule has 0 aromatic carbocycles. The monoisotopic (exact) mass is 382 g/mol. The minimum atomic E-state index is -0.716. The number of carbonyl (C=O) groups is 2. The van der Waals surface area contributed by atoms with Crippen LogP contribution in [0, 0.1) is 5.92 Å². The molecule has 0 radical (unpaired) electrons. The van der Waals surface area contributed by atoms with E-state index in [4.69, 9.17) is 4.74 Å². The maximum atomic E-state index is 12.4. The molecule has 1 fully saturated rings. The van der Waals surface area contributed by atoms with E-state index in [2.05, 4.69) is 31.3 Å². The van der Waals surface area contributed by atoms with Crippen LogP contribution in [0.4, 0.5) is 0 Å². The first-order valence-electron chi connectivity index (χ1n) is 9.95. The van der Waals surface area contributed by atoms with Crippen LogP contribution in [0.5, 0.6) is 0 Å². The molecule has 0 aliphatic heterocycles. The molecule has 3 N–H and O–H groups in total. The van der Waals surface area contributed by atoms with E-state index in [0.29, 0.717) is 31.3 Å². The Morgan fingerprint density at radius 2 is 1.96 bits per heavy atom. The molecule has 0 saturated heterocycles. The topological polar surface area (TPSA) is 122 Å². The Morgan fingerprint density at radius 1 is 1.26 bits per heavy atom. The number of aromatic nitrogens is 4. The van der Waals surface area contributed by atoms with Crippen LogP contribution < -0.4 is 10.6 Å². The number of rotatable bonds is 9. The van der Waals surface area contributed by atoms with Gasteiger partial charge in [0, 0.05) is 26.5 Å². The zero-order chi connectivity index (χ0) is 20.1. The lowest BCUT2D eigenvalue weighted by Gasteiger charge is -2.27. The quantitative estimate of drug-likeness (QED) is 0.593. The summed E-state index contributed by atoms with van der Waals surface area (Å²) < 4.78 is 5.90. The van der Waals surface area contributed by atoms with Gasteiger partial charge in [0.15, 0.2) is 5.82 Å². The molecular weight excluding hydrogens is 348 g/mol. The SMILES string of the molecule is CC.CC(=O)NC(C(=O)NCCc1nn[nH]n1)C(C)OCC1CCCCC1. The molecule has 0 spiro atoms. The molecule has 9 heteroatoms. The Bertz CT molecular complexity index is 531. The maximum Gasteiger partial charge on any atom is 0.245 e. The van der Waals surface area contributed by atoms with Gasteiger partial charge in [-0.1, -0.05) is 38.3 Å². The van der Waals surface area contributed by atoms with Crippen molar-refractivity contribution < 1.29 is 14.3 Å². The van der Waals surface area contributed by atoms with Gasteiger partial charge in [0.25, 0.3) is 0 Å². The lowest BCUT2D eigenvalue weighted by Crippen LogP contribution is -2.53. The van der Waals surface area contributed by atoms with E-state index in [1.807, 2.05) is 20.8 Å². The smallest absolute Gasteiger partial charge is 0.245 e. The van der Waals surface area contributed by atoms with Gasteiger partial charge < -0.3 is 15.4 Å². The standard InChI is InChI=1S/C16H28N6O3.C2H6/c1-11(25-10-13-6-4-3-5-7-13)15(18-12(2)23)16(24)17-9-8-14-19-21-22-20-14;1-2/h11,13,15H,3-10H2,1-2H3,(H,17,24)(H,18,23)(H,19,20,21,22);1-2H3. The Kier molecular flexibility index (Phi) is 11.2. The van der Waals surface area contributed by atoms with E-state index in [1.165, 1.54) is 39.0 Å². The van der Waals surface area contributed by atoms with Crippen LogP contribution in [0.25, 0.3) is 0 Å². The molecule has 2 atom stereocenters. The molecule has 0 bridgehead atoms. The van der Waals surface area contributed by atoms with Gasteiger partial charge in [-0.3, -0.25) is 9.59 Å². The second-order valence-electron chi connectivity index (χ2n) is 6.59. The van der Waals surface area contributed by atoms with Crippen LogP contribution in [0.2, 0.25) is 0 Å². The summed E-state index contributed by atoms with van der Waals surface area (Å²) in [6.07, 6.45) is 6.21. The Hall–Kier alpha value is -2.03. The zero-order valence-electron chi connectivity index (χ0n) is 17.0. The number of ether oxygens (including phenoxy) is 1. The maximum absolute atomic E-state index is 12.4. The minimum absolute atomic E-state index is 0.258. The third-order valence-electron chi connectivity index (χ3n) is 4.47. The van der Waals surface area contributed by atoms with Gasteiger partial charge in [0.05, 0.1) is 6.10 Å². The second kappa shape index (κ2) is 13.2. The molecule has 1 aromatic heterocycles. The van der Waals surface area contributed by atoms with Crippen molar-refractivity contribution in [2.45, 2.75) is 78.4 Å². The first-order valence-corrected chi connectivity index (χ1v) is 9.95. The molecule has 1 saturated carbocycles. The van der Waals surface area contributed by atoms with E-state index in [9.17, 15) is 9.59 Å². The van der Waals surface area contributed by atoms with Crippen molar-refractivity contribution in [3.8, 4) is 0 Å². The fraction of sp³-hybridized carbons (Fsp3) is 0.833. The summed E-state index contributed by atoms with van der Waals surface area (Å²) in [5, 5.41) is 19.0. The predicted molar refractivity (Wildman–Crippen MR) is 102 cm³/mol. The highest BCUT2D eigenvalue weighted by Gasteiger charge is 2.27. The fourth-order valence-corrected chi connectivity index (χ4v) is 3.05. The largest absolute Gasteiger partial charge is 0.376 e. The average Bonchev–Trinajstić information content (AvgIpc) is 3.20. The normalized spacial score (nSPS) is 16.6. The molecule has 1 aliphatic rings. The zero-order valence-corrected chi connectivity index (χ0v) is 17.0. The molecule has 9 nitrogen and oxygen atoms in total. The summed E-state index contributed by atoms with van der Waals surface area (Å²) in [4.78, 5) is 23.9. The van der Waals surface area contributed by atoms with Gasteiger partial charge in [-0.2, -0.15) is 5.21 Å². The lowest BCUT2D eigenvalue weighted by molar-refractivity contribution is -0.132. The van der Waals surface area contributed by atoms with Crippen molar-refractivity contribution in [1.82, 2.24) is 31.3 Å². The minimum Gasteiger partial charge on any atom is -0.376 e. The number of hydrogen-bond donors (Lipinski definition) is 3. The molecule has 2 amide bonds. The van der Waals surface area contributed by atoms with Crippen molar-refractivity contribution in [3.05, 3.63) is 5.82 Å². The van der Waals surface area contributed by atoms with Crippen LogP contribution in [0.15, 0.2) is 0 Å². The van der Waals surface area contributed by atoms with Crippen molar-refractivity contribution in [2.75, 3.05) is 13.2 Å². The highest BCUT2D eigenvalue weighted by atomic mass is 16.5. The van der Waals surface area contributed by atoms with Crippen LogP contribution in [-0.2, 0) is 20.7 Å². The molecule has 2 unspecified atom stereocenters. The van der Waals surface area contributed by atoms with Gasteiger partial charge in [-0.15, -0.1) is 10.2 Å². The van der Waals surface area contributed by atoms with Gasteiger partial charge >= 0.3 is 0 Å². The summed E-state index contributed by atoms with van der Waals surface area (Å²) in [6, 6.07) is -0.716. The van der Waals surface area contributed by atoms with Crippen LogP contribution in [0.3, 0.4) is 0 Å². The van der Waals surface area contributed by atoms with Crippen molar-refractivity contribution in [2.24, 2.45) is 5.92 Å². The number of amides is 2. The number of carbonyl (C=O) groups excluding carboxylic acids is 2. The summed E-state index contributed by atoms with van der Waals surface area (Å²) in [6.45, 7) is 8.22. The van der Waals surface area contributed by atoms with E-state index in [-0.39, 0.29) is 11.8 Å². The average molecular weight is 383 g/mol. The van der Waals surface area contributed by atoms with Crippen LogP contribution in [0.1, 0.15) is 65.6 Å². The summed E-state index contributed by atoms with van der Waals surface area (Å²) in [5.74, 6) is 0.551. The number of nitrogens with one attached hydrogen (secondary N) is 3. The van der Waals surface area contributed by atoms with E-state index < -0.39 is 12.1 Å². The number of nitrogens with zero attached hydrogens (tertiary/aromatic N) is 3. The number of aromatic amines is 1. The van der Waals surface area contributed by atoms with E-state index in [0.717, 1.165) is 0 Å². The first kappa shape index (κ1) is 23.0. The Balaban J connectivity index is 0.00000176. The molecule has 27 heavy (non-hydrogen) atoms. The van der Waals surface area contributed by atoms with Crippen molar-refractivity contribution >= 4 is 11.8 Å². The number of tetrazole rings is 1. The number of H-pyrrole nitrogens is 1. The number of hydrogen-bond acceptors (Lipinski definition) is 6. The molecule has 1 aliphatic carbocycles. The Labute approximate surface area is 161 Å².